The van der Waals surface area contributed by atoms with Crippen LogP contribution in [0.1, 0.15) is 36.7 Å². The van der Waals surface area contributed by atoms with Crippen molar-refractivity contribution in [2.24, 2.45) is 5.92 Å². The Morgan fingerprint density at radius 3 is 2.66 bits per heavy atom. The third-order valence-electron chi connectivity index (χ3n) is 6.31. The fourth-order valence-corrected chi connectivity index (χ4v) is 3.98. The summed E-state index contributed by atoms with van der Waals surface area (Å²) in [6, 6.07) is 8.77. The molecule has 0 saturated heterocycles. The number of benzene rings is 1. The van der Waals surface area contributed by atoms with Crippen molar-refractivity contribution < 1.29 is 19.4 Å². The number of para-hydroxylation sites is 1. The lowest BCUT2D eigenvalue weighted by molar-refractivity contribution is -0.117. The molecule has 12 nitrogen and oxygen atoms in total. The molecule has 0 unspecified atom stereocenters. The minimum absolute atomic E-state index is 0.0566. The topological polar surface area (TPSA) is 155 Å². The molecule has 1 fully saturated rings. The Labute approximate surface area is 242 Å². The van der Waals surface area contributed by atoms with Gasteiger partial charge in [-0.05, 0) is 37.5 Å². The number of anilines is 3. The van der Waals surface area contributed by atoms with Gasteiger partial charge in [-0.15, -0.1) is 10.2 Å². The van der Waals surface area contributed by atoms with E-state index in [2.05, 4.69) is 36.6 Å². The number of aliphatic hydroxyl groups is 1. The normalized spacial score (nSPS) is 13.8. The van der Waals surface area contributed by atoms with E-state index >= 15 is 0 Å². The first-order valence-electron chi connectivity index (χ1n) is 13.3. The van der Waals surface area contributed by atoms with Crippen molar-refractivity contribution in [1.82, 2.24) is 30.6 Å². The maximum absolute atomic E-state index is 12.9. The van der Waals surface area contributed by atoms with Crippen molar-refractivity contribution in [1.29, 1.82) is 0 Å². The number of ether oxygens (including phenoxy) is 1. The van der Waals surface area contributed by atoms with Crippen LogP contribution in [0.15, 0.2) is 36.5 Å². The lowest BCUT2D eigenvalue weighted by Crippen LogP contribution is -2.50. The van der Waals surface area contributed by atoms with Gasteiger partial charge in [0.15, 0.2) is 17.3 Å². The van der Waals surface area contributed by atoms with Gasteiger partial charge < -0.3 is 31.1 Å². The third kappa shape index (κ3) is 8.34. The second-order valence-corrected chi connectivity index (χ2v) is 9.88. The first-order chi connectivity index (χ1) is 19.6. The molecule has 0 bridgehead atoms. The molecule has 5 N–H and O–H groups in total. The van der Waals surface area contributed by atoms with Gasteiger partial charge in [0.1, 0.15) is 0 Å². The molecule has 208 valence electrons. The zero-order valence-electron chi connectivity index (χ0n) is 23.1. The number of hydrogen-bond donors (Lipinski definition) is 5. The molecule has 15 heteroatoms. The Kier molecular flexibility index (Phi) is 9.71. The van der Waals surface area contributed by atoms with Crippen LogP contribution in [0.3, 0.4) is 0 Å². The highest BCUT2D eigenvalue weighted by molar-refractivity contribution is 6.60. The average molecular weight is 552 g/mol. The number of methoxy groups -OCH3 is 1. The van der Waals surface area contributed by atoms with E-state index in [0.29, 0.717) is 48.7 Å². The van der Waals surface area contributed by atoms with Gasteiger partial charge in [-0.25, -0.2) is 0 Å². The molecule has 6 radical (unpaired) electrons. The van der Waals surface area contributed by atoms with E-state index in [4.69, 9.17) is 28.3 Å². The molecule has 41 heavy (non-hydrogen) atoms. The van der Waals surface area contributed by atoms with Gasteiger partial charge in [0.25, 0.3) is 5.91 Å². The smallest absolute Gasteiger partial charge is 0.272 e. The fraction of sp³-hybridized carbons (Fsp3) is 0.423. The van der Waals surface area contributed by atoms with Crippen molar-refractivity contribution in [3.05, 3.63) is 42.2 Å². The number of nitrogens with zero attached hydrogens (tertiary/aromatic N) is 4. The molecule has 3 aromatic rings. The number of carbonyl (C=O) groups is 2. The Balaban J connectivity index is 1.59. The average Bonchev–Trinajstić information content (AvgIpc) is 3.68. The van der Waals surface area contributed by atoms with Gasteiger partial charge in [-0.2, -0.15) is 5.10 Å². The second-order valence-electron chi connectivity index (χ2n) is 9.88. The lowest BCUT2D eigenvalue weighted by atomic mass is 9.49. The van der Waals surface area contributed by atoms with Crippen molar-refractivity contribution >= 4 is 52.5 Å². The molecule has 0 spiro atoms. The van der Waals surface area contributed by atoms with Crippen LogP contribution < -0.4 is 26.0 Å². The highest BCUT2D eigenvalue weighted by Gasteiger charge is 2.30. The van der Waals surface area contributed by atoms with Crippen molar-refractivity contribution in [3.8, 4) is 17.0 Å². The van der Waals surface area contributed by atoms with Crippen LogP contribution in [-0.2, 0) is 11.3 Å². The van der Waals surface area contributed by atoms with Gasteiger partial charge in [-0.1, -0.05) is 18.2 Å². The van der Waals surface area contributed by atoms with Gasteiger partial charge in [0, 0.05) is 36.8 Å². The molecular weight excluding hydrogens is 521 g/mol. The van der Waals surface area contributed by atoms with Crippen molar-refractivity contribution in [2.75, 3.05) is 30.8 Å². The highest BCUT2D eigenvalue weighted by atomic mass is 16.5. The summed E-state index contributed by atoms with van der Waals surface area (Å²) in [5.41, 5.74) is 1.91. The van der Waals surface area contributed by atoms with E-state index < -0.39 is 11.1 Å². The van der Waals surface area contributed by atoms with Gasteiger partial charge >= 0.3 is 0 Å². The molecule has 2 aromatic heterocycles. The molecule has 1 aliphatic rings. The summed E-state index contributed by atoms with van der Waals surface area (Å²) >= 11 is 0. The Hall–Kier alpha value is -3.84. The lowest BCUT2D eigenvalue weighted by Gasteiger charge is -2.23. The van der Waals surface area contributed by atoms with E-state index in [9.17, 15) is 14.7 Å². The van der Waals surface area contributed by atoms with Crippen LogP contribution in [0.5, 0.6) is 5.75 Å². The molecule has 1 saturated carbocycles. The van der Waals surface area contributed by atoms with Gasteiger partial charge in [0.2, 0.25) is 5.91 Å². The Morgan fingerprint density at radius 1 is 1.20 bits per heavy atom. The zero-order chi connectivity index (χ0) is 29.6. The van der Waals surface area contributed by atoms with Crippen LogP contribution in [0.25, 0.3) is 11.3 Å². The highest BCUT2D eigenvalue weighted by Crippen LogP contribution is 2.38. The predicted octanol–water partition coefficient (Wildman–Crippen LogP) is 0.648. The SMILES string of the molecule is [B]C([B])([B])NC(=O)c1nnc(NC(=O)C2CC2)cc1Nc1cccc(-c2ccn(CCNC[C@H](O)CC)n2)c1OC. The van der Waals surface area contributed by atoms with E-state index in [1.807, 2.05) is 31.3 Å². The molecule has 1 atom stereocenters. The summed E-state index contributed by atoms with van der Waals surface area (Å²) < 4.78 is 7.54. The van der Waals surface area contributed by atoms with Crippen molar-refractivity contribution in [2.45, 2.75) is 44.1 Å². The summed E-state index contributed by atoms with van der Waals surface area (Å²) in [5, 5.41) is 31.7. The van der Waals surface area contributed by atoms with Crippen LogP contribution in [0, 0.1) is 5.92 Å². The first kappa shape index (κ1) is 30.1. The van der Waals surface area contributed by atoms with E-state index in [1.54, 1.807) is 10.7 Å². The van der Waals surface area contributed by atoms with E-state index in [-0.39, 0.29) is 35.1 Å². The molecule has 2 heterocycles. The first-order valence-corrected chi connectivity index (χ1v) is 13.3. The summed E-state index contributed by atoms with van der Waals surface area (Å²) in [4.78, 5) is 25.2. The maximum Gasteiger partial charge on any atom is 0.272 e. The predicted molar refractivity (Wildman–Crippen MR) is 158 cm³/mol. The third-order valence-corrected chi connectivity index (χ3v) is 6.31. The maximum atomic E-state index is 12.9. The summed E-state index contributed by atoms with van der Waals surface area (Å²) in [5.74, 6) is -0.381. The number of carbonyl (C=O) groups excluding carboxylic acids is 2. The minimum atomic E-state index is -1.99. The molecule has 1 aliphatic carbocycles. The van der Waals surface area contributed by atoms with Gasteiger partial charge in [0.05, 0.1) is 60.4 Å². The standard InChI is InChI=1S/C26H31B3N8O4/c1-3-16(38)14-30-10-12-37-11-9-18(36-37)17-5-4-6-19(23(17)41-2)31-20-13-21(32-24(39)15-7-8-15)34-35-22(20)25(40)33-26(27,28)29/h4-6,9,11,13,15-16,30,38H,3,7-8,10,12,14H2,1-2H3,(H,33,40)(H2,31,32,34,39)/t16-/m1/s1. The summed E-state index contributed by atoms with van der Waals surface area (Å²) in [6.07, 6.45) is 3.80. The van der Waals surface area contributed by atoms with E-state index in [1.165, 1.54) is 13.2 Å². The number of hydrogen-bond acceptors (Lipinski definition) is 9. The summed E-state index contributed by atoms with van der Waals surface area (Å²) in [7, 11) is 18.2. The molecule has 2 amide bonds. The number of aliphatic hydroxyl groups excluding tert-OH is 1. The monoisotopic (exact) mass is 552 g/mol. The Bertz CT molecular complexity index is 1380. The zero-order valence-corrected chi connectivity index (χ0v) is 23.1. The molecule has 4 rings (SSSR count). The van der Waals surface area contributed by atoms with E-state index in [0.717, 1.165) is 12.8 Å². The summed E-state index contributed by atoms with van der Waals surface area (Å²) in [6.45, 7) is 3.70. The number of rotatable bonds is 14. The molecular formula is C26H31B3N8O4. The van der Waals surface area contributed by atoms with Crippen LogP contribution >= 0.6 is 0 Å². The second kappa shape index (κ2) is 13.2. The van der Waals surface area contributed by atoms with Crippen LogP contribution in [-0.4, -0.2) is 92.0 Å². The van der Waals surface area contributed by atoms with Crippen molar-refractivity contribution in [3.63, 3.8) is 0 Å². The Morgan fingerprint density at radius 2 is 1.98 bits per heavy atom. The number of nitrogens with one attached hydrogen (secondary N) is 4. The number of aromatic nitrogens is 4. The number of amides is 2. The fourth-order valence-electron chi connectivity index (χ4n) is 3.98. The largest absolute Gasteiger partial charge is 0.494 e. The van der Waals surface area contributed by atoms with Crippen LogP contribution in [0.4, 0.5) is 17.2 Å². The molecule has 1 aromatic carbocycles. The van der Waals surface area contributed by atoms with Gasteiger partial charge in [-0.3, -0.25) is 14.3 Å². The minimum Gasteiger partial charge on any atom is -0.494 e. The molecule has 0 aliphatic heterocycles. The quantitative estimate of drug-likeness (QED) is 0.143. The van der Waals surface area contributed by atoms with Crippen LogP contribution in [0.2, 0.25) is 0 Å².